The molecule has 0 amide bonds. The minimum Gasteiger partial charge on any atom is -0.465 e. The number of nitrogen functional groups attached to an aromatic ring is 1. The van der Waals surface area contributed by atoms with E-state index in [0.29, 0.717) is 23.4 Å². The van der Waals surface area contributed by atoms with E-state index in [1.165, 1.54) is 13.2 Å². The molecule has 0 radical (unpaired) electrons. The van der Waals surface area contributed by atoms with Gasteiger partial charge in [-0.25, -0.2) is 9.59 Å². The first-order valence-corrected chi connectivity index (χ1v) is 5.41. The van der Waals surface area contributed by atoms with Gasteiger partial charge < -0.3 is 15.2 Å². The van der Waals surface area contributed by atoms with Gasteiger partial charge in [0.1, 0.15) is 0 Å². The van der Waals surface area contributed by atoms with Crippen LogP contribution < -0.4 is 5.73 Å². The zero-order chi connectivity index (χ0) is 13.5. The Hall–Kier alpha value is -2.30. The summed E-state index contributed by atoms with van der Waals surface area (Å²) in [5.41, 5.74) is 7.01. The van der Waals surface area contributed by atoms with Crippen molar-refractivity contribution in [2.45, 2.75) is 6.92 Å². The molecule has 2 N–H and O–H groups in total. The van der Waals surface area contributed by atoms with Crippen LogP contribution in [0.1, 0.15) is 22.8 Å². The van der Waals surface area contributed by atoms with Crippen LogP contribution in [0.15, 0.2) is 24.3 Å². The number of nitrogens with two attached hydrogens (primary N) is 1. The number of benzene rings is 1. The Morgan fingerprint density at radius 1 is 1.39 bits per heavy atom. The Kier molecular flexibility index (Phi) is 4.92. The van der Waals surface area contributed by atoms with Crippen LogP contribution in [0, 0.1) is 0 Å². The largest absolute Gasteiger partial charge is 0.465 e. The standard InChI is InChI=1S/C13H15NO4/c1-3-18-12(15)7-5-9-4-6-10(11(14)8-9)13(16)17-2/h4-8H,3,14H2,1-2H3. The Morgan fingerprint density at radius 2 is 2.11 bits per heavy atom. The summed E-state index contributed by atoms with van der Waals surface area (Å²) in [5, 5.41) is 0. The number of methoxy groups -OCH3 is 1. The van der Waals surface area contributed by atoms with E-state index in [9.17, 15) is 9.59 Å². The fourth-order valence-corrected chi connectivity index (χ4v) is 1.34. The monoisotopic (exact) mass is 249 g/mol. The highest BCUT2D eigenvalue weighted by atomic mass is 16.5. The van der Waals surface area contributed by atoms with Crippen molar-refractivity contribution in [1.82, 2.24) is 0 Å². The second kappa shape index (κ2) is 6.44. The molecule has 0 saturated carbocycles. The zero-order valence-electron chi connectivity index (χ0n) is 10.3. The van der Waals surface area contributed by atoms with Crippen molar-refractivity contribution in [3.05, 3.63) is 35.4 Å². The quantitative estimate of drug-likeness (QED) is 0.498. The number of rotatable bonds is 4. The van der Waals surface area contributed by atoms with E-state index in [-0.39, 0.29) is 0 Å². The van der Waals surface area contributed by atoms with E-state index in [1.54, 1.807) is 31.2 Å². The van der Waals surface area contributed by atoms with Crippen molar-refractivity contribution < 1.29 is 19.1 Å². The molecule has 0 heterocycles. The molecule has 0 saturated heterocycles. The molecule has 0 aliphatic rings. The van der Waals surface area contributed by atoms with E-state index in [0.717, 1.165) is 0 Å². The third-order valence-electron chi connectivity index (χ3n) is 2.18. The molecule has 0 aliphatic carbocycles. The lowest BCUT2D eigenvalue weighted by molar-refractivity contribution is -0.137. The molecule has 0 bridgehead atoms. The molecule has 0 fully saturated rings. The van der Waals surface area contributed by atoms with E-state index < -0.39 is 11.9 Å². The van der Waals surface area contributed by atoms with Crippen LogP contribution in [0.5, 0.6) is 0 Å². The number of carbonyl (C=O) groups is 2. The molecular formula is C13H15NO4. The molecule has 0 atom stereocenters. The fraction of sp³-hybridized carbons (Fsp3) is 0.231. The first-order chi connectivity index (χ1) is 8.58. The molecule has 0 aromatic heterocycles. The molecular weight excluding hydrogens is 234 g/mol. The number of hydrogen-bond donors (Lipinski definition) is 1. The topological polar surface area (TPSA) is 78.6 Å². The zero-order valence-corrected chi connectivity index (χ0v) is 10.3. The Balaban J connectivity index is 2.85. The van der Waals surface area contributed by atoms with Gasteiger partial charge in [0, 0.05) is 11.8 Å². The Labute approximate surface area is 105 Å². The molecule has 0 aliphatic heterocycles. The predicted molar refractivity (Wildman–Crippen MR) is 67.9 cm³/mol. The van der Waals surface area contributed by atoms with Crippen LogP contribution in [0.25, 0.3) is 6.08 Å². The van der Waals surface area contributed by atoms with Crippen LogP contribution >= 0.6 is 0 Å². The number of hydrogen-bond acceptors (Lipinski definition) is 5. The van der Waals surface area contributed by atoms with Crippen molar-refractivity contribution in [2.24, 2.45) is 0 Å². The SMILES string of the molecule is CCOC(=O)C=Cc1ccc(C(=O)OC)c(N)c1. The summed E-state index contributed by atoms with van der Waals surface area (Å²) in [6, 6.07) is 4.80. The van der Waals surface area contributed by atoms with E-state index in [1.807, 2.05) is 0 Å². The average molecular weight is 249 g/mol. The van der Waals surface area contributed by atoms with E-state index in [2.05, 4.69) is 4.74 Å². The van der Waals surface area contributed by atoms with Gasteiger partial charge in [-0.2, -0.15) is 0 Å². The van der Waals surface area contributed by atoms with Crippen LogP contribution in [0.2, 0.25) is 0 Å². The summed E-state index contributed by atoms with van der Waals surface area (Å²) in [4.78, 5) is 22.4. The van der Waals surface area contributed by atoms with Gasteiger partial charge in [-0.05, 0) is 30.7 Å². The molecule has 0 unspecified atom stereocenters. The molecule has 5 heteroatoms. The molecule has 5 nitrogen and oxygen atoms in total. The summed E-state index contributed by atoms with van der Waals surface area (Å²) < 4.78 is 9.32. The average Bonchev–Trinajstić information content (AvgIpc) is 2.36. The molecule has 1 rings (SSSR count). The Bertz CT molecular complexity index is 480. The first kappa shape index (κ1) is 13.8. The van der Waals surface area contributed by atoms with E-state index >= 15 is 0 Å². The highest BCUT2D eigenvalue weighted by Crippen LogP contribution is 2.16. The van der Waals surface area contributed by atoms with Crippen molar-refractivity contribution in [3.8, 4) is 0 Å². The van der Waals surface area contributed by atoms with Gasteiger partial charge in [0.15, 0.2) is 0 Å². The molecule has 0 spiro atoms. The maximum absolute atomic E-state index is 11.3. The van der Waals surface area contributed by atoms with Crippen LogP contribution in [0.3, 0.4) is 0 Å². The van der Waals surface area contributed by atoms with Gasteiger partial charge >= 0.3 is 11.9 Å². The molecule has 1 aromatic carbocycles. The van der Waals surface area contributed by atoms with Gasteiger partial charge in [0.2, 0.25) is 0 Å². The van der Waals surface area contributed by atoms with Crippen molar-refractivity contribution in [2.75, 3.05) is 19.5 Å². The summed E-state index contributed by atoms with van der Waals surface area (Å²) in [7, 11) is 1.29. The molecule has 18 heavy (non-hydrogen) atoms. The van der Waals surface area contributed by atoms with Crippen molar-refractivity contribution >= 4 is 23.7 Å². The van der Waals surface area contributed by atoms with Gasteiger partial charge in [0.25, 0.3) is 0 Å². The normalized spacial score (nSPS) is 10.3. The number of ether oxygens (including phenoxy) is 2. The highest BCUT2D eigenvalue weighted by Gasteiger charge is 2.09. The lowest BCUT2D eigenvalue weighted by atomic mass is 10.1. The molecule has 1 aromatic rings. The van der Waals surface area contributed by atoms with Gasteiger partial charge in [-0.15, -0.1) is 0 Å². The summed E-state index contributed by atoms with van der Waals surface area (Å²) in [5.74, 6) is -0.915. The lowest BCUT2D eigenvalue weighted by Gasteiger charge is -2.04. The third kappa shape index (κ3) is 3.62. The first-order valence-electron chi connectivity index (χ1n) is 5.41. The summed E-state index contributed by atoms with van der Waals surface area (Å²) in [6.45, 7) is 2.06. The second-order valence-electron chi connectivity index (χ2n) is 3.42. The van der Waals surface area contributed by atoms with Crippen molar-refractivity contribution in [3.63, 3.8) is 0 Å². The minimum atomic E-state index is -0.492. The van der Waals surface area contributed by atoms with Gasteiger partial charge in [-0.1, -0.05) is 6.07 Å². The van der Waals surface area contributed by atoms with Gasteiger partial charge in [0.05, 0.1) is 19.3 Å². The summed E-state index contributed by atoms with van der Waals surface area (Å²) >= 11 is 0. The maximum Gasteiger partial charge on any atom is 0.339 e. The summed E-state index contributed by atoms with van der Waals surface area (Å²) in [6.07, 6.45) is 2.87. The van der Waals surface area contributed by atoms with E-state index in [4.69, 9.17) is 10.5 Å². The predicted octanol–water partition coefficient (Wildman–Crippen LogP) is 1.63. The van der Waals surface area contributed by atoms with Gasteiger partial charge in [-0.3, -0.25) is 0 Å². The Morgan fingerprint density at radius 3 is 2.67 bits per heavy atom. The highest BCUT2D eigenvalue weighted by molar-refractivity contribution is 5.95. The minimum absolute atomic E-state index is 0.297. The van der Waals surface area contributed by atoms with Crippen LogP contribution in [0.4, 0.5) is 5.69 Å². The van der Waals surface area contributed by atoms with Crippen molar-refractivity contribution in [1.29, 1.82) is 0 Å². The number of anilines is 1. The fourth-order valence-electron chi connectivity index (χ4n) is 1.34. The van der Waals surface area contributed by atoms with Crippen LogP contribution in [-0.4, -0.2) is 25.7 Å². The molecule has 96 valence electrons. The number of carbonyl (C=O) groups excluding carboxylic acids is 2. The second-order valence-corrected chi connectivity index (χ2v) is 3.42. The third-order valence-corrected chi connectivity index (χ3v) is 2.18. The van der Waals surface area contributed by atoms with Crippen LogP contribution in [-0.2, 0) is 14.3 Å². The maximum atomic E-state index is 11.3. The number of esters is 2. The lowest BCUT2D eigenvalue weighted by Crippen LogP contribution is -2.05. The smallest absolute Gasteiger partial charge is 0.339 e.